The maximum absolute atomic E-state index is 15.2. The standard InChI is InChI=1S/C33H33F4N5O/c34-27-14-13-25(31(24-6-2-1-3-7-24)41(19-21-9-10-21)20-22-11-12-22)16-28(27)39-32(43)29-17-30(33(35,36)37)40-42(29)26-8-4-5-23(15-26)18-38/h1-8,13-17,21-22,31H,9-12,18-20,38H2,(H,39,43). The van der Waals surface area contributed by atoms with Gasteiger partial charge in [0.25, 0.3) is 5.91 Å². The third kappa shape index (κ3) is 6.81. The van der Waals surface area contributed by atoms with Crippen molar-refractivity contribution in [2.24, 2.45) is 17.6 Å². The lowest BCUT2D eigenvalue weighted by atomic mass is 9.95. The fraction of sp³-hybridized carbons (Fsp3) is 0.333. The van der Waals surface area contributed by atoms with Crippen LogP contribution in [0.2, 0.25) is 0 Å². The van der Waals surface area contributed by atoms with E-state index in [-0.39, 0.29) is 29.7 Å². The number of alkyl halides is 3. The van der Waals surface area contributed by atoms with Gasteiger partial charge in [0.15, 0.2) is 5.69 Å². The molecule has 2 saturated carbocycles. The second-order valence-electron chi connectivity index (χ2n) is 11.5. The van der Waals surface area contributed by atoms with Gasteiger partial charge >= 0.3 is 6.18 Å². The first-order chi connectivity index (χ1) is 20.7. The van der Waals surface area contributed by atoms with Crippen molar-refractivity contribution in [1.82, 2.24) is 14.7 Å². The lowest BCUT2D eigenvalue weighted by molar-refractivity contribution is -0.141. The molecule has 0 spiro atoms. The van der Waals surface area contributed by atoms with E-state index in [1.165, 1.54) is 37.8 Å². The van der Waals surface area contributed by atoms with Crippen molar-refractivity contribution in [3.8, 4) is 5.69 Å². The molecule has 224 valence electrons. The molecule has 1 amide bonds. The Hall–Kier alpha value is -4.02. The summed E-state index contributed by atoms with van der Waals surface area (Å²) in [6, 6.07) is 21.5. The van der Waals surface area contributed by atoms with Crippen LogP contribution in [0.25, 0.3) is 5.69 Å². The molecule has 6 rings (SSSR count). The molecule has 2 aliphatic carbocycles. The number of carbonyl (C=O) groups excluding carboxylic acids is 1. The van der Waals surface area contributed by atoms with E-state index in [1.807, 2.05) is 30.3 Å². The molecule has 3 aromatic carbocycles. The summed E-state index contributed by atoms with van der Waals surface area (Å²) in [6.45, 7) is 2.01. The smallest absolute Gasteiger partial charge is 0.326 e. The van der Waals surface area contributed by atoms with Gasteiger partial charge in [-0.25, -0.2) is 9.07 Å². The Morgan fingerprint density at radius 3 is 2.26 bits per heavy atom. The summed E-state index contributed by atoms with van der Waals surface area (Å²) in [4.78, 5) is 16.0. The van der Waals surface area contributed by atoms with Gasteiger partial charge in [-0.15, -0.1) is 0 Å². The van der Waals surface area contributed by atoms with Crippen LogP contribution in [-0.4, -0.2) is 33.7 Å². The molecule has 4 aromatic rings. The number of nitrogens with zero attached hydrogens (tertiary/aromatic N) is 3. The Bertz CT molecular complexity index is 1580. The number of anilines is 1. The molecule has 0 bridgehead atoms. The molecule has 2 aliphatic rings. The minimum atomic E-state index is -4.79. The van der Waals surface area contributed by atoms with Gasteiger partial charge in [0.05, 0.1) is 17.4 Å². The Kier molecular flexibility index (Phi) is 8.07. The fourth-order valence-electron chi connectivity index (χ4n) is 5.49. The normalized spacial score (nSPS) is 16.0. The molecule has 1 unspecified atom stereocenters. The molecule has 0 radical (unpaired) electrons. The number of carbonyl (C=O) groups is 1. The summed E-state index contributed by atoms with van der Waals surface area (Å²) in [5.74, 6) is -0.343. The lowest BCUT2D eigenvalue weighted by Crippen LogP contribution is -2.33. The Morgan fingerprint density at radius 1 is 0.930 bits per heavy atom. The van der Waals surface area contributed by atoms with E-state index in [0.717, 1.165) is 28.9 Å². The third-order valence-electron chi connectivity index (χ3n) is 8.04. The number of nitrogens with one attached hydrogen (secondary N) is 1. The van der Waals surface area contributed by atoms with Gasteiger partial charge in [-0.2, -0.15) is 18.3 Å². The molecule has 1 aromatic heterocycles. The summed E-state index contributed by atoms with van der Waals surface area (Å²) in [5, 5.41) is 6.21. The zero-order valence-electron chi connectivity index (χ0n) is 23.5. The van der Waals surface area contributed by atoms with Crippen molar-refractivity contribution in [1.29, 1.82) is 0 Å². The highest BCUT2D eigenvalue weighted by Gasteiger charge is 2.37. The summed E-state index contributed by atoms with van der Waals surface area (Å²) in [5.41, 5.74) is 6.73. The molecule has 1 heterocycles. The Balaban J connectivity index is 1.35. The van der Waals surface area contributed by atoms with Crippen LogP contribution in [-0.2, 0) is 12.7 Å². The van der Waals surface area contributed by atoms with Crippen LogP contribution in [0.3, 0.4) is 0 Å². The zero-order valence-corrected chi connectivity index (χ0v) is 23.5. The first-order valence-corrected chi connectivity index (χ1v) is 14.6. The molecule has 3 N–H and O–H groups in total. The highest BCUT2D eigenvalue weighted by molar-refractivity contribution is 6.03. The molecule has 43 heavy (non-hydrogen) atoms. The highest BCUT2D eigenvalue weighted by atomic mass is 19.4. The molecule has 2 fully saturated rings. The number of hydrogen-bond acceptors (Lipinski definition) is 4. The molecular weight excluding hydrogens is 558 g/mol. The minimum absolute atomic E-state index is 0.113. The van der Waals surface area contributed by atoms with E-state index in [0.29, 0.717) is 23.5 Å². The molecule has 6 nitrogen and oxygen atoms in total. The van der Waals surface area contributed by atoms with Crippen molar-refractivity contribution in [2.45, 2.75) is 44.4 Å². The largest absolute Gasteiger partial charge is 0.435 e. The minimum Gasteiger partial charge on any atom is -0.326 e. The van der Waals surface area contributed by atoms with E-state index >= 15 is 4.39 Å². The predicted molar refractivity (Wildman–Crippen MR) is 156 cm³/mol. The number of halogens is 4. The van der Waals surface area contributed by atoms with E-state index in [1.54, 1.807) is 30.3 Å². The molecular formula is C33H33F4N5O. The first kappa shape index (κ1) is 29.1. The number of rotatable bonds is 11. The van der Waals surface area contributed by atoms with Crippen LogP contribution in [0.4, 0.5) is 23.2 Å². The van der Waals surface area contributed by atoms with Gasteiger partial charge in [0.1, 0.15) is 11.5 Å². The fourth-order valence-corrected chi connectivity index (χ4v) is 5.49. The second kappa shape index (κ2) is 11.9. The van der Waals surface area contributed by atoms with Crippen molar-refractivity contribution < 1.29 is 22.4 Å². The van der Waals surface area contributed by atoms with Gasteiger partial charge in [0, 0.05) is 25.7 Å². The van der Waals surface area contributed by atoms with E-state index in [2.05, 4.69) is 15.3 Å². The van der Waals surface area contributed by atoms with Gasteiger partial charge in [-0.3, -0.25) is 9.69 Å². The number of amides is 1. The number of nitrogens with two attached hydrogens (primary N) is 1. The summed E-state index contributed by atoms with van der Waals surface area (Å²) < 4.78 is 57.2. The number of benzene rings is 3. The maximum Gasteiger partial charge on any atom is 0.435 e. The van der Waals surface area contributed by atoms with Crippen LogP contribution in [0.15, 0.2) is 78.9 Å². The van der Waals surface area contributed by atoms with Crippen LogP contribution < -0.4 is 11.1 Å². The number of aromatic nitrogens is 2. The molecule has 0 aliphatic heterocycles. The van der Waals surface area contributed by atoms with Gasteiger partial charge < -0.3 is 11.1 Å². The van der Waals surface area contributed by atoms with Crippen LogP contribution in [0.1, 0.15) is 64.6 Å². The zero-order chi connectivity index (χ0) is 30.1. The lowest BCUT2D eigenvalue weighted by Gasteiger charge is -2.33. The predicted octanol–water partition coefficient (Wildman–Crippen LogP) is 6.95. The van der Waals surface area contributed by atoms with Crippen LogP contribution in [0, 0.1) is 17.7 Å². The second-order valence-corrected chi connectivity index (χ2v) is 11.5. The molecule has 10 heteroatoms. The Labute approximate surface area is 247 Å². The average molecular weight is 592 g/mol. The van der Waals surface area contributed by atoms with Gasteiger partial charge in [-0.05, 0) is 78.5 Å². The van der Waals surface area contributed by atoms with Crippen molar-refractivity contribution in [2.75, 3.05) is 18.4 Å². The SMILES string of the molecule is NCc1cccc(-n2nc(C(F)(F)F)cc2C(=O)Nc2cc(C(c3ccccc3)N(CC3CC3)CC3CC3)ccc2F)c1. The summed E-state index contributed by atoms with van der Waals surface area (Å²) in [6.07, 6.45) is -0.0266. The van der Waals surface area contributed by atoms with E-state index in [9.17, 15) is 18.0 Å². The van der Waals surface area contributed by atoms with E-state index in [4.69, 9.17) is 5.73 Å². The number of hydrogen-bond donors (Lipinski definition) is 2. The molecule has 1 atom stereocenters. The van der Waals surface area contributed by atoms with E-state index < -0.39 is 23.6 Å². The van der Waals surface area contributed by atoms with Gasteiger partial charge in [0.2, 0.25) is 0 Å². The van der Waals surface area contributed by atoms with Crippen molar-refractivity contribution >= 4 is 11.6 Å². The molecule has 0 saturated heterocycles. The van der Waals surface area contributed by atoms with Gasteiger partial charge in [-0.1, -0.05) is 48.5 Å². The Morgan fingerprint density at radius 2 is 1.63 bits per heavy atom. The van der Waals surface area contributed by atoms with Crippen LogP contribution in [0.5, 0.6) is 0 Å². The summed E-state index contributed by atoms with van der Waals surface area (Å²) >= 11 is 0. The average Bonchev–Trinajstić information content (AvgIpc) is 3.94. The topological polar surface area (TPSA) is 76.2 Å². The quantitative estimate of drug-likeness (QED) is 0.185. The van der Waals surface area contributed by atoms with Crippen molar-refractivity contribution in [3.05, 3.63) is 113 Å². The maximum atomic E-state index is 15.2. The third-order valence-corrected chi connectivity index (χ3v) is 8.04. The van der Waals surface area contributed by atoms with Crippen molar-refractivity contribution in [3.63, 3.8) is 0 Å². The highest BCUT2D eigenvalue weighted by Crippen LogP contribution is 2.40. The summed E-state index contributed by atoms with van der Waals surface area (Å²) in [7, 11) is 0. The van der Waals surface area contributed by atoms with Crippen LogP contribution >= 0.6 is 0 Å². The first-order valence-electron chi connectivity index (χ1n) is 14.6. The monoisotopic (exact) mass is 591 g/mol.